The highest BCUT2D eigenvalue weighted by Gasteiger charge is 2.01. The van der Waals surface area contributed by atoms with Gasteiger partial charge in [0.2, 0.25) is 5.91 Å². The highest BCUT2D eigenvalue weighted by molar-refractivity contribution is 9.10. The highest BCUT2D eigenvalue weighted by Crippen LogP contribution is 2.12. The van der Waals surface area contributed by atoms with Gasteiger partial charge < -0.3 is 5.32 Å². The van der Waals surface area contributed by atoms with E-state index in [0.717, 1.165) is 5.69 Å². The maximum atomic E-state index is 11.3. The van der Waals surface area contributed by atoms with E-state index in [2.05, 4.69) is 26.2 Å². The largest absolute Gasteiger partial charge is 0.326 e. The van der Waals surface area contributed by atoms with Gasteiger partial charge in [0.05, 0.1) is 0 Å². The minimum absolute atomic E-state index is 0.0243. The molecule has 1 N–H and O–H groups in total. The number of anilines is 1. The van der Waals surface area contributed by atoms with Crippen LogP contribution < -0.4 is 5.32 Å². The number of hydrogen-bond acceptors (Lipinski definition) is 2. The van der Waals surface area contributed by atoms with Crippen molar-refractivity contribution in [1.29, 1.82) is 0 Å². The number of aromatic nitrogens is 1. The molecular weight excluding hydrogens is 267 g/mol. The summed E-state index contributed by atoms with van der Waals surface area (Å²) in [6.07, 6.45) is 2.77. The van der Waals surface area contributed by atoms with Crippen molar-refractivity contribution in [1.82, 2.24) is 4.98 Å². The molecule has 14 heavy (non-hydrogen) atoms. The topological polar surface area (TPSA) is 42.0 Å². The third kappa shape index (κ3) is 4.07. The molecule has 0 fully saturated rings. The van der Waals surface area contributed by atoms with Gasteiger partial charge >= 0.3 is 0 Å². The van der Waals surface area contributed by atoms with Crippen LogP contribution in [-0.4, -0.2) is 16.8 Å². The Morgan fingerprint density at radius 2 is 2.43 bits per heavy atom. The average molecular weight is 278 g/mol. The minimum Gasteiger partial charge on any atom is -0.326 e. The van der Waals surface area contributed by atoms with Gasteiger partial charge in [-0.15, -0.1) is 11.6 Å². The number of pyridine rings is 1. The van der Waals surface area contributed by atoms with Gasteiger partial charge in [0.1, 0.15) is 4.60 Å². The quantitative estimate of drug-likeness (QED) is 0.679. The first-order valence-corrected chi connectivity index (χ1v) is 5.52. The van der Waals surface area contributed by atoms with Crippen molar-refractivity contribution in [2.24, 2.45) is 0 Å². The van der Waals surface area contributed by atoms with Gasteiger partial charge in [-0.2, -0.15) is 0 Å². The lowest BCUT2D eigenvalue weighted by molar-refractivity contribution is -0.116. The van der Waals surface area contributed by atoms with E-state index < -0.39 is 0 Å². The minimum atomic E-state index is -0.0243. The average Bonchev–Trinajstić information content (AvgIpc) is 2.15. The lowest BCUT2D eigenvalue weighted by Crippen LogP contribution is -2.11. The number of nitrogens with zero attached hydrogens (tertiary/aromatic N) is 1. The third-order valence-electron chi connectivity index (χ3n) is 1.55. The van der Waals surface area contributed by atoms with Crippen molar-refractivity contribution < 1.29 is 4.79 Å². The standard InChI is InChI=1S/C9H10BrClN2O/c10-8-6-7(3-5-12-8)13-9(14)2-1-4-11/h3,5-6H,1-2,4H2,(H,12,13,14). The molecule has 0 aromatic carbocycles. The van der Waals surface area contributed by atoms with Gasteiger partial charge in [-0.05, 0) is 34.5 Å². The summed E-state index contributed by atoms with van der Waals surface area (Å²) in [5, 5.41) is 2.75. The summed E-state index contributed by atoms with van der Waals surface area (Å²) in [4.78, 5) is 15.2. The second-order valence-corrected chi connectivity index (χ2v) is 3.90. The molecular formula is C9H10BrClN2O. The number of rotatable bonds is 4. The smallest absolute Gasteiger partial charge is 0.224 e. The zero-order valence-corrected chi connectivity index (χ0v) is 9.81. The molecule has 0 saturated carbocycles. The first-order valence-electron chi connectivity index (χ1n) is 4.20. The number of carbonyl (C=O) groups is 1. The van der Waals surface area contributed by atoms with E-state index in [0.29, 0.717) is 23.3 Å². The molecule has 0 aliphatic heterocycles. The monoisotopic (exact) mass is 276 g/mol. The van der Waals surface area contributed by atoms with E-state index in [1.54, 1.807) is 18.3 Å². The SMILES string of the molecule is O=C(CCCCl)Nc1ccnc(Br)c1. The molecule has 76 valence electrons. The summed E-state index contributed by atoms with van der Waals surface area (Å²) in [7, 11) is 0. The van der Waals surface area contributed by atoms with Crippen LogP contribution in [0.15, 0.2) is 22.9 Å². The van der Waals surface area contributed by atoms with Crippen LogP contribution in [0.4, 0.5) is 5.69 Å². The Morgan fingerprint density at radius 1 is 1.64 bits per heavy atom. The molecule has 1 heterocycles. The van der Waals surface area contributed by atoms with E-state index >= 15 is 0 Å². The highest BCUT2D eigenvalue weighted by atomic mass is 79.9. The molecule has 0 saturated heterocycles. The predicted molar refractivity (Wildman–Crippen MR) is 60.5 cm³/mol. The van der Waals surface area contributed by atoms with Crippen molar-refractivity contribution in [3.05, 3.63) is 22.9 Å². The number of nitrogens with one attached hydrogen (secondary N) is 1. The fourth-order valence-corrected chi connectivity index (χ4v) is 1.43. The van der Waals surface area contributed by atoms with Crippen LogP contribution in [-0.2, 0) is 4.79 Å². The third-order valence-corrected chi connectivity index (χ3v) is 2.25. The van der Waals surface area contributed by atoms with Crippen LogP contribution in [0.5, 0.6) is 0 Å². The molecule has 0 spiro atoms. The van der Waals surface area contributed by atoms with E-state index in [1.165, 1.54) is 0 Å². The Bertz CT molecular complexity index is 319. The van der Waals surface area contributed by atoms with Gasteiger partial charge in [0.15, 0.2) is 0 Å². The Balaban J connectivity index is 2.47. The number of hydrogen-bond donors (Lipinski definition) is 1. The number of halogens is 2. The molecule has 0 radical (unpaired) electrons. The zero-order chi connectivity index (χ0) is 10.4. The van der Waals surface area contributed by atoms with Crippen molar-refractivity contribution in [2.45, 2.75) is 12.8 Å². The van der Waals surface area contributed by atoms with Gasteiger partial charge in [0.25, 0.3) is 0 Å². The summed E-state index contributed by atoms with van der Waals surface area (Å²) >= 11 is 8.70. The van der Waals surface area contributed by atoms with E-state index in [-0.39, 0.29) is 5.91 Å². The van der Waals surface area contributed by atoms with Crippen molar-refractivity contribution in [2.75, 3.05) is 11.2 Å². The van der Waals surface area contributed by atoms with Crippen molar-refractivity contribution >= 4 is 39.1 Å². The molecule has 1 aromatic rings. The molecule has 1 aromatic heterocycles. The van der Waals surface area contributed by atoms with Crippen molar-refractivity contribution in [3.63, 3.8) is 0 Å². The van der Waals surface area contributed by atoms with Gasteiger partial charge in [-0.3, -0.25) is 4.79 Å². The van der Waals surface area contributed by atoms with E-state index in [9.17, 15) is 4.79 Å². The van der Waals surface area contributed by atoms with Gasteiger partial charge in [-0.1, -0.05) is 0 Å². The first-order chi connectivity index (χ1) is 6.72. The fourth-order valence-electron chi connectivity index (χ4n) is 0.931. The maximum absolute atomic E-state index is 11.3. The van der Waals surface area contributed by atoms with Gasteiger partial charge in [-0.25, -0.2) is 4.98 Å². The lowest BCUT2D eigenvalue weighted by Gasteiger charge is -2.03. The number of alkyl halides is 1. The Labute approximate surface area is 96.0 Å². The summed E-state index contributed by atoms with van der Waals surface area (Å²) < 4.78 is 0.702. The molecule has 0 unspecified atom stereocenters. The molecule has 0 atom stereocenters. The Kier molecular flexibility index (Phi) is 4.90. The molecule has 0 aliphatic carbocycles. The molecule has 5 heteroatoms. The van der Waals surface area contributed by atoms with Crippen LogP contribution in [0.1, 0.15) is 12.8 Å². The first kappa shape index (κ1) is 11.5. The van der Waals surface area contributed by atoms with Crippen LogP contribution >= 0.6 is 27.5 Å². The maximum Gasteiger partial charge on any atom is 0.224 e. The van der Waals surface area contributed by atoms with Gasteiger partial charge in [0, 0.05) is 24.2 Å². The summed E-state index contributed by atoms with van der Waals surface area (Å²) in [6.45, 7) is 0. The molecule has 1 amide bonds. The van der Waals surface area contributed by atoms with Crippen LogP contribution in [0.3, 0.4) is 0 Å². The Hall–Kier alpha value is -0.610. The van der Waals surface area contributed by atoms with E-state index in [4.69, 9.17) is 11.6 Å². The molecule has 3 nitrogen and oxygen atoms in total. The molecule has 1 rings (SSSR count). The summed E-state index contributed by atoms with van der Waals surface area (Å²) in [6, 6.07) is 3.49. The number of amides is 1. The van der Waals surface area contributed by atoms with E-state index in [1.807, 2.05) is 0 Å². The molecule has 0 bridgehead atoms. The summed E-state index contributed by atoms with van der Waals surface area (Å²) in [5.74, 6) is 0.483. The second kappa shape index (κ2) is 5.98. The van der Waals surface area contributed by atoms with Crippen molar-refractivity contribution in [3.8, 4) is 0 Å². The lowest BCUT2D eigenvalue weighted by atomic mass is 10.3. The van der Waals surface area contributed by atoms with Crippen LogP contribution in [0.2, 0.25) is 0 Å². The van der Waals surface area contributed by atoms with Crippen LogP contribution in [0.25, 0.3) is 0 Å². The number of carbonyl (C=O) groups excluding carboxylic acids is 1. The zero-order valence-electron chi connectivity index (χ0n) is 7.46. The predicted octanol–water partition coefficient (Wildman–Crippen LogP) is 2.80. The fraction of sp³-hybridized carbons (Fsp3) is 0.333. The second-order valence-electron chi connectivity index (χ2n) is 2.71. The Morgan fingerprint density at radius 3 is 3.07 bits per heavy atom. The van der Waals surface area contributed by atoms with Crippen LogP contribution in [0, 0.1) is 0 Å². The normalized spacial score (nSPS) is 9.86. The molecule has 0 aliphatic rings. The summed E-state index contributed by atoms with van der Waals surface area (Å²) in [5.41, 5.74) is 0.742.